The lowest BCUT2D eigenvalue weighted by Crippen LogP contribution is -2.29. The summed E-state index contributed by atoms with van der Waals surface area (Å²) >= 11 is 1.57. The molecule has 1 amide bonds. The number of thioether (sulfide) groups is 1. The molecule has 27 heavy (non-hydrogen) atoms. The highest BCUT2D eigenvalue weighted by atomic mass is 32.2. The third kappa shape index (κ3) is 4.39. The lowest BCUT2D eigenvalue weighted by Gasteiger charge is -2.31. The van der Waals surface area contributed by atoms with Crippen molar-refractivity contribution in [3.8, 4) is 5.88 Å². The van der Waals surface area contributed by atoms with Crippen molar-refractivity contribution in [1.82, 2.24) is 9.97 Å². The standard InChI is InChI=1S/C19H23N5O2S/c1-4-26-16-11-21-15(10-22-16)17(25)23-13-6-5-12(2)14(9-13)19(3)7-8-27-18(20)24-19/h5-6,9-11H,4,7-8H2,1-3H3,(H2,20,24)(H,23,25). The van der Waals surface area contributed by atoms with E-state index < -0.39 is 0 Å². The Bertz CT molecular complexity index is 869. The Hall–Kier alpha value is -2.61. The monoisotopic (exact) mass is 385 g/mol. The van der Waals surface area contributed by atoms with Crippen LogP contribution in [-0.4, -0.2) is 33.4 Å². The maximum absolute atomic E-state index is 12.5. The van der Waals surface area contributed by atoms with Gasteiger partial charge < -0.3 is 15.8 Å². The topological polar surface area (TPSA) is 102 Å². The van der Waals surface area contributed by atoms with E-state index in [-0.39, 0.29) is 17.1 Å². The summed E-state index contributed by atoms with van der Waals surface area (Å²) in [7, 11) is 0. The summed E-state index contributed by atoms with van der Waals surface area (Å²) in [4.78, 5) is 25.3. The summed E-state index contributed by atoms with van der Waals surface area (Å²) < 4.78 is 5.25. The van der Waals surface area contributed by atoms with Gasteiger partial charge >= 0.3 is 0 Å². The van der Waals surface area contributed by atoms with Crippen molar-refractivity contribution in [2.24, 2.45) is 10.7 Å². The predicted molar refractivity (Wildman–Crippen MR) is 108 cm³/mol. The van der Waals surface area contributed by atoms with Gasteiger partial charge in [0.1, 0.15) is 5.69 Å². The number of nitrogens with zero attached hydrogens (tertiary/aromatic N) is 3. The molecule has 0 fully saturated rings. The number of aryl methyl sites for hydroxylation is 1. The molecule has 0 saturated carbocycles. The lowest BCUT2D eigenvalue weighted by atomic mass is 9.86. The van der Waals surface area contributed by atoms with Crippen LogP contribution < -0.4 is 15.8 Å². The number of aliphatic imine (C=N–C) groups is 1. The van der Waals surface area contributed by atoms with Crippen LogP contribution in [0.15, 0.2) is 35.6 Å². The third-order valence-electron chi connectivity index (χ3n) is 4.42. The highest BCUT2D eigenvalue weighted by Gasteiger charge is 2.31. The van der Waals surface area contributed by atoms with Crippen LogP contribution in [0.25, 0.3) is 0 Å². The van der Waals surface area contributed by atoms with Gasteiger partial charge in [0.05, 0.1) is 24.5 Å². The van der Waals surface area contributed by atoms with Crippen molar-refractivity contribution in [3.63, 3.8) is 0 Å². The van der Waals surface area contributed by atoms with Crippen LogP contribution in [0, 0.1) is 6.92 Å². The minimum Gasteiger partial charge on any atom is -0.477 e. The van der Waals surface area contributed by atoms with E-state index in [1.807, 2.05) is 32.0 Å². The molecule has 8 heteroatoms. The number of hydrogen-bond acceptors (Lipinski definition) is 7. The van der Waals surface area contributed by atoms with Crippen molar-refractivity contribution in [3.05, 3.63) is 47.4 Å². The Morgan fingerprint density at radius 3 is 2.85 bits per heavy atom. The number of amidine groups is 1. The molecule has 1 aliphatic heterocycles. The smallest absolute Gasteiger partial charge is 0.275 e. The Morgan fingerprint density at radius 1 is 1.37 bits per heavy atom. The molecule has 1 aromatic heterocycles. The number of rotatable bonds is 5. The highest BCUT2D eigenvalue weighted by molar-refractivity contribution is 8.13. The SMILES string of the molecule is CCOc1cnc(C(=O)Nc2ccc(C)c(C3(C)CCSC(N)=N3)c2)cn1. The first-order valence-corrected chi connectivity index (χ1v) is 9.75. The number of carbonyl (C=O) groups excluding carboxylic acids is 1. The third-order valence-corrected chi connectivity index (χ3v) is 5.22. The predicted octanol–water partition coefficient (Wildman–Crippen LogP) is 3.10. The number of amides is 1. The number of carbonyl (C=O) groups is 1. The van der Waals surface area contributed by atoms with Gasteiger partial charge in [0.25, 0.3) is 5.91 Å². The van der Waals surface area contributed by atoms with E-state index in [1.165, 1.54) is 12.4 Å². The zero-order valence-electron chi connectivity index (χ0n) is 15.7. The molecule has 0 radical (unpaired) electrons. The number of ether oxygens (including phenoxy) is 1. The molecule has 1 aromatic carbocycles. The molecule has 2 heterocycles. The Labute approximate surface area is 162 Å². The van der Waals surface area contributed by atoms with Crippen LogP contribution in [-0.2, 0) is 5.54 Å². The summed E-state index contributed by atoms with van der Waals surface area (Å²) in [5, 5.41) is 3.48. The second-order valence-electron chi connectivity index (χ2n) is 6.48. The van der Waals surface area contributed by atoms with Gasteiger partial charge in [0.2, 0.25) is 5.88 Å². The van der Waals surface area contributed by atoms with Gasteiger partial charge in [-0.3, -0.25) is 9.79 Å². The van der Waals surface area contributed by atoms with Crippen LogP contribution in [0.3, 0.4) is 0 Å². The van der Waals surface area contributed by atoms with E-state index in [9.17, 15) is 4.79 Å². The molecule has 0 saturated heterocycles. The van der Waals surface area contributed by atoms with Gasteiger partial charge in [-0.2, -0.15) is 0 Å². The zero-order valence-corrected chi connectivity index (χ0v) is 16.5. The number of aromatic nitrogens is 2. The minimum atomic E-state index is -0.390. The van der Waals surface area contributed by atoms with E-state index >= 15 is 0 Å². The number of hydrogen-bond donors (Lipinski definition) is 2. The number of anilines is 1. The minimum absolute atomic E-state index is 0.225. The van der Waals surface area contributed by atoms with Crippen LogP contribution in [0.5, 0.6) is 5.88 Å². The molecule has 0 aliphatic carbocycles. The molecule has 1 aliphatic rings. The molecule has 2 aromatic rings. The van der Waals surface area contributed by atoms with E-state index in [0.29, 0.717) is 23.3 Å². The van der Waals surface area contributed by atoms with Crippen molar-refractivity contribution in [1.29, 1.82) is 0 Å². The van der Waals surface area contributed by atoms with Crippen LogP contribution in [0.1, 0.15) is 41.9 Å². The first-order chi connectivity index (χ1) is 12.9. The van der Waals surface area contributed by atoms with Crippen LogP contribution in [0.4, 0.5) is 5.69 Å². The van der Waals surface area contributed by atoms with Gasteiger partial charge in [-0.05, 0) is 50.5 Å². The van der Waals surface area contributed by atoms with E-state index in [4.69, 9.17) is 10.5 Å². The summed E-state index contributed by atoms with van der Waals surface area (Å²) in [5.74, 6) is 0.988. The van der Waals surface area contributed by atoms with E-state index in [1.54, 1.807) is 11.8 Å². The molecule has 3 rings (SSSR count). The Kier molecular flexibility index (Phi) is 5.65. The van der Waals surface area contributed by atoms with Gasteiger partial charge in [-0.25, -0.2) is 9.97 Å². The average Bonchev–Trinajstić information content (AvgIpc) is 2.64. The molecular weight excluding hydrogens is 362 g/mol. The normalized spacial score (nSPS) is 19.3. The fourth-order valence-corrected chi connectivity index (χ4v) is 3.99. The van der Waals surface area contributed by atoms with Gasteiger partial charge in [-0.1, -0.05) is 17.8 Å². The molecule has 1 atom stereocenters. The summed E-state index contributed by atoms with van der Waals surface area (Å²) in [6.45, 7) is 6.47. The average molecular weight is 385 g/mol. The quantitative estimate of drug-likeness (QED) is 0.820. The van der Waals surface area contributed by atoms with Gasteiger partial charge in [0, 0.05) is 11.4 Å². The second kappa shape index (κ2) is 7.96. The number of nitrogens with two attached hydrogens (primary N) is 1. The van der Waals surface area contributed by atoms with Crippen molar-refractivity contribution < 1.29 is 9.53 Å². The maximum Gasteiger partial charge on any atom is 0.275 e. The van der Waals surface area contributed by atoms with E-state index in [2.05, 4.69) is 27.2 Å². The Morgan fingerprint density at radius 2 is 2.19 bits per heavy atom. The van der Waals surface area contributed by atoms with Gasteiger partial charge in [0.15, 0.2) is 5.17 Å². The molecule has 7 nitrogen and oxygen atoms in total. The number of benzene rings is 1. The lowest BCUT2D eigenvalue weighted by molar-refractivity contribution is 0.102. The largest absolute Gasteiger partial charge is 0.477 e. The first kappa shape index (κ1) is 19.2. The Balaban J connectivity index is 1.81. The highest BCUT2D eigenvalue weighted by Crippen LogP contribution is 2.37. The second-order valence-corrected chi connectivity index (χ2v) is 7.59. The fraction of sp³-hybridized carbons (Fsp3) is 0.368. The van der Waals surface area contributed by atoms with Crippen molar-refractivity contribution in [2.45, 2.75) is 32.7 Å². The number of nitrogens with one attached hydrogen (secondary N) is 1. The van der Waals surface area contributed by atoms with Crippen LogP contribution in [0.2, 0.25) is 0 Å². The molecular formula is C19H23N5O2S. The zero-order chi connectivity index (χ0) is 19.4. The van der Waals surface area contributed by atoms with Gasteiger partial charge in [-0.15, -0.1) is 0 Å². The molecule has 1 unspecified atom stereocenters. The maximum atomic E-state index is 12.5. The summed E-state index contributed by atoms with van der Waals surface area (Å²) in [6, 6.07) is 5.81. The van der Waals surface area contributed by atoms with E-state index in [0.717, 1.165) is 23.3 Å². The van der Waals surface area contributed by atoms with Crippen molar-refractivity contribution >= 4 is 28.5 Å². The van der Waals surface area contributed by atoms with Crippen molar-refractivity contribution in [2.75, 3.05) is 17.7 Å². The first-order valence-electron chi connectivity index (χ1n) is 8.77. The molecule has 0 bridgehead atoms. The molecule has 3 N–H and O–H groups in total. The fourth-order valence-electron chi connectivity index (χ4n) is 3.01. The molecule has 0 spiro atoms. The summed E-state index contributed by atoms with van der Waals surface area (Å²) in [5.41, 5.74) is 8.63. The molecule has 142 valence electrons. The van der Waals surface area contributed by atoms with Crippen LogP contribution >= 0.6 is 11.8 Å². The summed E-state index contributed by atoms with van der Waals surface area (Å²) in [6.07, 6.45) is 3.73.